The summed E-state index contributed by atoms with van der Waals surface area (Å²) in [6.45, 7) is 7.76. The van der Waals surface area contributed by atoms with E-state index in [4.69, 9.17) is 14.2 Å². The molecule has 5 nitrogen and oxygen atoms in total. The van der Waals surface area contributed by atoms with Crippen LogP contribution in [-0.4, -0.2) is 46.7 Å². The Balaban J connectivity index is 1.40. The molecule has 0 aromatic heterocycles. The van der Waals surface area contributed by atoms with Crippen molar-refractivity contribution in [1.82, 2.24) is 0 Å². The molecule has 9 atom stereocenters. The van der Waals surface area contributed by atoms with Gasteiger partial charge in [0.15, 0.2) is 6.10 Å². The number of rotatable bonds is 3. The molecular formula is C20H28O5. The van der Waals surface area contributed by atoms with Crippen LogP contribution in [0.5, 0.6) is 0 Å². The van der Waals surface area contributed by atoms with Crippen molar-refractivity contribution in [2.45, 2.75) is 76.2 Å². The average molecular weight is 348 g/mol. The summed E-state index contributed by atoms with van der Waals surface area (Å²) in [5.41, 5.74) is -1.29. The molecule has 1 saturated carbocycles. The highest BCUT2D eigenvalue weighted by Crippen LogP contribution is 2.59. The SMILES string of the molecule is CC(C)(O)C1C2OC3C(OC(C)(C)C31)C2OC(=O)C1CC2C=CC1C2. The summed E-state index contributed by atoms with van der Waals surface area (Å²) in [5.74, 6) is 0.758. The predicted octanol–water partition coefficient (Wildman–Crippen LogP) is 2.07. The zero-order valence-corrected chi connectivity index (χ0v) is 15.3. The van der Waals surface area contributed by atoms with Crippen LogP contribution in [0, 0.1) is 29.6 Å². The van der Waals surface area contributed by atoms with Crippen LogP contribution in [0.25, 0.3) is 0 Å². The summed E-state index contributed by atoms with van der Waals surface area (Å²) < 4.78 is 18.5. The van der Waals surface area contributed by atoms with E-state index < -0.39 is 11.7 Å². The maximum Gasteiger partial charge on any atom is 0.310 e. The van der Waals surface area contributed by atoms with Crippen LogP contribution < -0.4 is 0 Å². The zero-order chi connectivity index (χ0) is 17.7. The van der Waals surface area contributed by atoms with Crippen LogP contribution in [0.15, 0.2) is 12.2 Å². The van der Waals surface area contributed by atoms with Crippen molar-refractivity contribution in [3.63, 3.8) is 0 Å². The van der Waals surface area contributed by atoms with Crippen molar-refractivity contribution in [2.24, 2.45) is 29.6 Å². The summed E-state index contributed by atoms with van der Waals surface area (Å²) in [7, 11) is 0. The van der Waals surface area contributed by atoms with Crippen LogP contribution in [0.3, 0.4) is 0 Å². The minimum absolute atomic E-state index is 0.0278. The number of carbonyl (C=O) groups excluding carboxylic acids is 1. The highest BCUT2D eigenvalue weighted by Gasteiger charge is 2.73. The fourth-order valence-electron chi connectivity index (χ4n) is 6.34. The molecule has 5 heteroatoms. The number of ether oxygens (including phenoxy) is 3. The maximum absolute atomic E-state index is 12.8. The molecule has 0 spiro atoms. The zero-order valence-electron chi connectivity index (χ0n) is 15.3. The Kier molecular flexibility index (Phi) is 3.17. The monoisotopic (exact) mass is 348 g/mol. The average Bonchev–Trinajstić information content (AvgIpc) is 3.26. The molecule has 0 amide bonds. The van der Waals surface area contributed by atoms with Gasteiger partial charge < -0.3 is 19.3 Å². The third-order valence-corrected chi connectivity index (χ3v) is 7.27. The van der Waals surface area contributed by atoms with E-state index in [-0.39, 0.29) is 47.6 Å². The molecular weight excluding hydrogens is 320 g/mol. The van der Waals surface area contributed by atoms with Crippen LogP contribution >= 0.6 is 0 Å². The van der Waals surface area contributed by atoms with Gasteiger partial charge in [0.05, 0.1) is 23.2 Å². The minimum atomic E-state index is -0.903. The lowest BCUT2D eigenvalue weighted by Crippen LogP contribution is -2.53. The lowest BCUT2D eigenvalue weighted by Gasteiger charge is -2.39. The standard InChI is InChI=1S/C20H28O5/c1-19(2,22)12-13-15-17(25-20(13,3)4)16(14(12)23-15)24-18(21)11-8-9-5-6-10(11)7-9/h5-6,9-17,22H,7-8H2,1-4H3. The van der Waals surface area contributed by atoms with Gasteiger partial charge in [0.2, 0.25) is 0 Å². The third-order valence-electron chi connectivity index (χ3n) is 7.27. The smallest absolute Gasteiger partial charge is 0.310 e. The fraction of sp³-hybridized carbons (Fsp3) is 0.850. The van der Waals surface area contributed by atoms with E-state index in [1.807, 2.05) is 13.8 Å². The molecule has 4 bridgehead atoms. The van der Waals surface area contributed by atoms with Crippen LogP contribution in [-0.2, 0) is 19.0 Å². The van der Waals surface area contributed by atoms with E-state index in [1.54, 1.807) is 0 Å². The minimum Gasteiger partial charge on any atom is -0.456 e. The first-order valence-electron chi connectivity index (χ1n) is 9.61. The van der Waals surface area contributed by atoms with Crippen LogP contribution in [0.2, 0.25) is 0 Å². The largest absolute Gasteiger partial charge is 0.456 e. The van der Waals surface area contributed by atoms with Crippen molar-refractivity contribution in [3.8, 4) is 0 Å². The molecule has 25 heavy (non-hydrogen) atoms. The van der Waals surface area contributed by atoms with Gasteiger partial charge in [0.1, 0.15) is 12.2 Å². The number of allylic oxidation sites excluding steroid dienone is 2. The Hall–Kier alpha value is -0.910. The Morgan fingerprint density at radius 3 is 2.56 bits per heavy atom. The number of fused-ring (bicyclic) bond motifs is 3. The molecule has 5 rings (SSSR count). The number of esters is 1. The maximum atomic E-state index is 12.8. The van der Waals surface area contributed by atoms with Crippen molar-refractivity contribution in [3.05, 3.63) is 12.2 Å². The number of carbonyl (C=O) groups is 1. The van der Waals surface area contributed by atoms with Gasteiger partial charge in [-0.2, -0.15) is 0 Å². The van der Waals surface area contributed by atoms with Crippen LogP contribution in [0.1, 0.15) is 40.5 Å². The topological polar surface area (TPSA) is 65.0 Å². The lowest BCUT2D eigenvalue weighted by atomic mass is 9.66. The molecule has 3 aliphatic heterocycles. The number of hydrogen-bond donors (Lipinski definition) is 1. The van der Waals surface area contributed by atoms with Gasteiger partial charge in [-0.25, -0.2) is 0 Å². The normalized spacial score (nSPS) is 51.5. The van der Waals surface area contributed by atoms with E-state index in [0.717, 1.165) is 12.8 Å². The Morgan fingerprint density at radius 2 is 1.96 bits per heavy atom. The lowest BCUT2D eigenvalue weighted by molar-refractivity contribution is -0.166. The van der Waals surface area contributed by atoms with Gasteiger partial charge in [-0.3, -0.25) is 4.79 Å². The molecule has 138 valence electrons. The highest BCUT2D eigenvalue weighted by atomic mass is 16.6. The molecule has 0 aromatic carbocycles. The molecule has 3 saturated heterocycles. The molecule has 0 aromatic rings. The second-order valence-electron chi connectivity index (χ2n) is 9.74. The van der Waals surface area contributed by atoms with Gasteiger partial charge in [-0.05, 0) is 52.4 Å². The van der Waals surface area contributed by atoms with Crippen molar-refractivity contribution in [2.75, 3.05) is 0 Å². The summed E-state index contributed by atoms with van der Waals surface area (Å²) in [4.78, 5) is 12.8. The van der Waals surface area contributed by atoms with Gasteiger partial charge in [-0.1, -0.05) is 12.2 Å². The van der Waals surface area contributed by atoms with E-state index in [0.29, 0.717) is 11.8 Å². The van der Waals surface area contributed by atoms with Crippen LogP contribution in [0.4, 0.5) is 0 Å². The van der Waals surface area contributed by atoms with Crippen molar-refractivity contribution < 1.29 is 24.1 Å². The summed E-state index contributed by atoms with van der Waals surface area (Å²) in [6.07, 6.45) is 5.39. The van der Waals surface area contributed by atoms with E-state index in [9.17, 15) is 9.90 Å². The molecule has 1 N–H and O–H groups in total. The summed E-state index contributed by atoms with van der Waals surface area (Å²) in [5, 5.41) is 10.8. The Morgan fingerprint density at radius 1 is 1.20 bits per heavy atom. The fourth-order valence-corrected chi connectivity index (χ4v) is 6.34. The van der Waals surface area contributed by atoms with Crippen molar-refractivity contribution in [1.29, 1.82) is 0 Å². The molecule has 9 unspecified atom stereocenters. The second kappa shape index (κ2) is 4.87. The predicted molar refractivity (Wildman–Crippen MR) is 89.6 cm³/mol. The van der Waals surface area contributed by atoms with Gasteiger partial charge in [-0.15, -0.1) is 0 Å². The Labute approximate surface area is 148 Å². The number of aliphatic hydroxyl groups is 1. The van der Waals surface area contributed by atoms with Gasteiger partial charge >= 0.3 is 5.97 Å². The summed E-state index contributed by atoms with van der Waals surface area (Å²) in [6, 6.07) is 0. The van der Waals surface area contributed by atoms with Gasteiger partial charge in [0, 0.05) is 11.8 Å². The Bertz CT molecular complexity index is 632. The quantitative estimate of drug-likeness (QED) is 0.625. The molecule has 3 heterocycles. The second-order valence-corrected chi connectivity index (χ2v) is 9.74. The first-order valence-corrected chi connectivity index (χ1v) is 9.61. The van der Waals surface area contributed by atoms with E-state index >= 15 is 0 Å². The third kappa shape index (κ3) is 2.15. The van der Waals surface area contributed by atoms with Crippen molar-refractivity contribution >= 4 is 5.97 Å². The molecule has 4 fully saturated rings. The first kappa shape index (κ1) is 16.3. The molecule has 2 aliphatic carbocycles. The van der Waals surface area contributed by atoms with Gasteiger partial charge in [0.25, 0.3) is 0 Å². The van der Waals surface area contributed by atoms with E-state index in [2.05, 4.69) is 26.0 Å². The number of hydrogen-bond acceptors (Lipinski definition) is 5. The summed E-state index contributed by atoms with van der Waals surface area (Å²) >= 11 is 0. The van der Waals surface area contributed by atoms with E-state index in [1.165, 1.54) is 0 Å². The first-order chi connectivity index (χ1) is 11.7. The molecule has 0 radical (unpaired) electrons. The highest BCUT2D eigenvalue weighted by molar-refractivity contribution is 5.74. The molecule has 5 aliphatic rings.